The molecule has 1 aromatic carbocycles. The molecule has 3 fully saturated rings. The average molecular weight is 305 g/mol. The van der Waals surface area contributed by atoms with Gasteiger partial charge in [0.1, 0.15) is 0 Å². The van der Waals surface area contributed by atoms with Crippen LogP contribution in [0.3, 0.4) is 0 Å². The highest BCUT2D eigenvalue weighted by molar-refractivity contribution is 6.30. The van der Waals surface area contributed by atoms with Gasteiger partial charge in [0.15, 0.2) is 0 Å². The number of hydrogen-bond donors (Lipinski definition) is 0. The van der Waals surface area contributed by atoms with Crippen LogP contribution in [0.1, 0.15) is 36.0 Å². The molecule has 1 saturated carbocycles. The smallest absolute Gasteiger partial charge is 0.254 e. The van der Waals surface area contributed by atoms with Crippen molar-refractivity contribution in [3.8, 4) is 0 Å². The van der Waals surface area contributed by atoms with Gasteiger partial charge in [-0.1, -0.05) is 17.7 Å². The topological polar surface area (TPSA) is 23.6 Å². The summed E-state index contributed by atoms with van der Waals surface area (Å²) in [4.78, 5) is 17.5. The maximum atomic E-state index is 12.7. The van der Waals surface area contributed by atoms with Crippen molar-refractivity contribution in [1.29, 1.82) is 0 Å². The Morgan fingerprint density at radius 3 is 2.71 bits per heavy atom. The number of rotatable bonds is 3. The highest BCUT2D eigenvalue weighted by atomic mass is 35.5. The van der Waals surface area contributed by atoms with Crippen LogP contribution in [0.25, 0.3) is 0 Å². The molecule has 1 aliphatic carbocycles. The van der Waals surface area contributed by atoms with Gasteiger partial charge in [-0.25, -0.2) is 0 Å². The number of halogens is 1. The summed E-state index contributed by atoms with van der Waals surface area (Å²) in [6.45, 7) is 3.30. The van der Waals surface area contributed by atoms with Crippen molar-refractivity contribution < 1.29 is 4.79 Å². The molecule has 2 aliphatic heterocycles. The summed E-state index contributed by atoms with van der Waals surface area (Å²) in [5.74, 6) is 1.08. The van der Waals surface area contributed by atoms with Gasteiger partial charge in [0, 0.05) is 42.3 Å². The molecule has 0 radical (unpaired) electrons. The van der Waals surface area contributed by atoms with Gasteiger partial charge in [-0.2, -0.15) is 0 Å². The molecule has 21 heavy (non-hydrogen) atoms. The van der Waals surface area contributed by atoms with E-state index in [-0.39, 0.29) is 5.91 Å². The third kappa shape index (κ3) is 2.58. The van der Waals surface area contributed by atoms with E-state index >= 15 is 0 Å². The number of likely N-dealkylation sites (tertiary alicyclic amines) is 2. The normalized spacial score (nSPS) is 28.9. The van der Waals surface area contributed by atoms with E-state index in [1.54, 1.807) is 6.07 Å². The van der Waals surface area contributed by atoms with Crippen LogP contribution in [0.15, 0.2) is 24.3 Å². The molecule has 1 amide bonds. The van der Waals surface area contributed by atoms with E-state index in [4.69, 9.17) is 11.6 Å². The van der Waals surface area contributed by atoms with Crippen molar-refractivity contribution in [2.24, 2.45) is 5.92 Å². The molecule has 2 atom stereocenters. The minimum absolute atomic E-state index is 0.151. The molecule has 2 saturated heterocycles. The maximum Gasteiger partial charge on any atom is 0.254 e. The third-order valence-electron chi connectivity index (χ3n) is 5.21. The van der Waals surface area contributed by atoms with Gasteiger partial charge in [0.05, 0.1) is 0 Å². The molecule has 0 N–H and O–H groups in total. The summed E-state index contributed by atoms with van der Waals surface area (Å²) < 4.78 is 0. The summed E-state index contributed by atoms with van der Waals surface area (Å²) in [6, 6.07) is 8.34. The first kappa shape index (κ1) is 13.6. The van der Waals surface area contributed by atoms with E-state index in [0.717, 1.165) is 37.4 Å². The second-order valence-corrected chi connectivity index (χ2v) is 7.10. The second kappa shape index (κ2) is 5.29. The SMILES string of the molecule is O=C(c1cccc(Cl)c1)N1CC[C@H]2[C@@H]1CCN2CC1CC1. The molecular formula is C17H21ClN2O. The fourth-order valence-corrected chi connectivity index (χ4v) is 4.16. The largest absolute Gasteiger partial charge is 0.334 e. The number of fused-ring (bicyclic) bond motifs is 1. The molecule has 3 aliphatic rings. The van der Waals surface area contributed by atoms with E-state index in [0.29, 0.717) is 17.1 Å². The fraction of sp³-hybridized carbons (Fsp3) is 0.588. The van der Waals surface area contributed by atoms with Crippen LogP contribution in [0.5, 0.6) is 0 Å². The molecule has 4 heteroatoms. The lowest BCUT2D eigenvalue weighted by atomic mass is 10.1. The van der Waals surface area contributed by atoms with E-state index < -0.39 is 0 Å². The van der Waals surface area contributed by atoms with Gasteiger partial charge in [0.2, 0.25) is 0 Å². The summed E-state index contributed by atoms with van der Waals surface area (Å²) in [5, 5.41) is 0.637. The van der Waals surface area contributed by atoms with E-state index in [1.165, 1.54) is 19.4 Å². The Kier molecular flexibility index (Phi) is 3.43. The molecular weight excluding hydrogens is 284 g/mol. The summed E-state index contributed by atoms with van der Waals surface area (Å²) in [6.07, 6.45) is 5.06. The number of amides is 1. The average Bonchev–Trinajstić information content (AvgIpc) is 3.06. The minimum Gasteiger partial charge on any atom is -0.334 e. The third-order valence-corrected chi connectivity index (χ3v) is 5.45. The zero-order chi connectivity index (χ0) is 14.4. The van der Waals surface area contributed by atoms with Crippen LogP contribution in [-0.2, 0) is 0 Å². The quantitative estimate of drug-likeness (QED) is 0.857. The van der Waals surface area contributed by atoms with Crippen molar-refractivity contribution in [3.05, 3.63) is 34.9 Å². The monoisotopic (exact) mass is 304 g/mol. The molecule has 0 aromatic heterocycles. The number of carbonyl (C=O) groups is 1. The Balaban J connectivity index is 1.48. The van der Waals surface area contributed by atoms with Gasteiger partial charge in [-0.3, -0.25) is 9.69 Å². The zero-order valence-electron chi connectivity index (χ0n) is 12.2. The van der Waals surface area contributed by atoms with E-state index in [2.05, 4.69) is 9.80 Å². The zero-order valence-corrected chi connectivity index (χ0v) is 12.9. The van der Waals surface area contributed by atoms with Gasteiger partial charge >= 0.3 is 0 Å². The Labute approximate surface area is 130 Å². The Morgan fingerprint density at radius 1 is 1.14 bits per heavy atom. The lowest BCUT2D eigenvalue weighted by Crippen LogP contribution is -2.40. The first-order chi connectivity index (χ1) is 10.2. The maximum absolute atomic E-state index is 12.7. The standard InChI is InChI=1S/C17H21ClN2O/c18-14-3-1-2-13(10-14)17(21)20-9-7-15-16(20)6-8-19(15)11-12-4-5-12/h1-3,10,12,15-16H,4-9,11H2/t15-,16-/m0/s1. The van der Waals surface area contributed by atoms with Crippen LogP contribution >= 0.6 is 11.6 Å². The Bertz CT molecular complexity index is 557. The van der Waals surface area contributed by atoms with Crippen molar-refractivity contribution in [3.63, 3.8) is 0 Å². The number of carbonyl (C=O) groups excluding carboxylic acids is 1. The predicted octanol–water partition coefficient (Wildman–Crippen LogP) is 3.04. The van der Waals surface area contributed by atoms with Crippen LogP contribution in [0.2, 0.25) is 5.02 Å². The summed E-state index contributed by atoms with van der Waals surface area (Å²) in [5.41, 5.74) is 0.726. The Hall–Kier alpha value is -1.06. The number of benzene rings is 1. The van der Waals surface area contributed by atoms with E-state index in [9.17, 15) is 4.79 Å². The molecule has 4 rings (SSSR count). The molecule has 3 nitrogen and oxygen atoms in total. The number of hydrogen-bond acceptors (Lipinski definition) is 2. The molecule has 1 aromatic rings. The highest BCUT2D eigenvalue weighted by Gasteiger charge is 2.45. The first-order valence-electron chi connectivity index (χ1n) is 8.03. The van der Waals surface area contributed by atoms with Gasteiger partial charge in [0.25, 0.3) is 5.91 Å². The van der Waals surface area contributed by atoms with Crippen LogP contribution in [-0.4, -0.2) is 47.4 Å². The van der Waals surface area contributed by atoms with Crippen LogP contribution in [0.4, 0.5) is 0 Å². The summed E-state index contributed by atoms with van der Waals surface area (Å²) >= 11 is 6.02. The van der Waals surface area contributed by atoms with Crippen molar-refractivity contribution in [2.45, 2.75) is 37.8 Å². The fourth-order valence-electron chi connectivity index (χ4n) is 3.97. The molecule has 0 bridgehead atoms. The molecule has 0 unspecified atom stereocenters. The number of nitrogens with zero attached hydrogens (tertiary/aromatic N) is 2. The molecule has 112 valence electrons. The lowest BCUT2D eigenvalue weighted by molar-refractivity contribution is 0.0732. The summed E-state index contributed by atoms with van der Waals surface area (Å²) in [7, 11) is 0. The first-order valence-corrected chi connectivity index (χ1v) is 8.41. The minimum atomic E-state index is 0.151. The van der Waals surface area contributed by atoms with Crippen molar-refractivity contribution >= 4 is 17.5 Å². The van der Waals surface area contributed by atoms with Gasteiger partial charge < -0.3 is 4.90 Å². The van der Waals surface area contributed by atoms with Crippen LogP contribution in [0, 0.1) is 5.92 Å². The van der Waals surface area contributed by atoms with Crippen molar-refractivity contribution in [1.82, 2.24) is 9.80 Å². The lowest BCUT2D eigenvalue weighted by Gasteiger charge is -2.25. The van der Waals surface area contributed by atoms with Crippen molar-refractivity contribution in [2.75, 3.05) is 19.6 Å². The highest BCUT2D eigenvalue weighted by Crippen LogP contribution is 2.37. The van der Waals surface area contributed by atoms with Gasteiger partial charge in [-0.15, -0.1) is 0 Å². The molecule has 0 spiro atoms. The predicted molar refractivity (Wildman–Crippen MR) is 83.6 cm³/mol. The molecule has 2 heterocycles. The Morgan fingerprint density at radius 2 is 1.95 bits per heavy atom. The van der Waals surface area contributed by atoms with E-state index in [1.807, 2.05) is 18.2 Å². The second-order valence-electron chi connectivity index (χ2n) is 6.66. The van der Waals surface area contributed by atoms with Crippen LogP contribution < -0.4 is 0 Å². The van der Waals surface area contributed by atoms with Gasteiger partial charge in [-0.05, 0) is 49.8 Å².